The van der Waals surface area contributed by atoms with Crippen LogP contribution in [0.3, 0.4) is 0 Å². The Morgan fingerprint density at radius 1 is 1.00 bits per heavy atom. The Hall–Kier alpha value is -1.35. The predicted octanol–water partition coefficient (Wildman–Crippen LogP) is 3.31. The summed E-state index contributed by atoms with van der Waals surface area (Å²) in [6, 6.07) is 8.87. The number of carbonyl (C=O) groups is 1. The molecule has 0 spiro atoms. The Bertz CT molecular complexity index is 423. The molecule has 0 saturated heterocycles. The first kappa shape index (κ1) is 17.7. The molecule has 1 unspecified atom stereocenters. The summed E-state index contributed by atoms with van der Waals surface area (Å²) < 4.78 is 0. The fraction of sp³-hybridized carbons (Fsp3) is 0.611. The number of carbonyl (C=O) groups excluding carboxylic acids is 1. The molecule has 0 aliphatic rings. The zero-order valence-corrected chi connectivity index (χ0v) is 14.1. The molecule has 21 heavy (non-hydrogen) atoms. The Labute approximate surface area is 129 Å². The second kappa shape index (κ2) is 8.83. The molecule has 1 amide bonds. The first-order chi connectivity index (χ1) is 9.88. The van der Waals surface area contributed by atoms with Crippen LogP contribution in [0.4, 0.5) is 0 Å². The molecule has 0 saturated carbocycles. The Kier molecular flexibility index (Phi) is 7.44. The monoisotopic (exact) mass is 290 g/mol. The lowest BCUT2D eigenvalue weighted by Crippen LogP contribution is -2.36. The third-order valence-corrected chi connectivity index (χ3v) is 3.40. The lowest BCUT2D eigenvalue weighted by atomic mass is 10.00. The van der Waals surface area contributed by atoms with Gasteiger partial charge in [0, 0.05) is 12.6 Å². The van der Waals surface area contributed by atoms with Crippen LogP contribution in [0.5, 0.6) is 0 Å². The van der Waals surface area contributed by atoms with Crippen LogP contribution < -0.4 is 10.6 Å². The maximum Gasteiger partial charge on any atom is 0.233 e. The number of benzene rings is 1. The minimum atomic E-state index is 0.0620. The van der Waals surface area contributed by atoms with Crippen LogP contribution >= 0.6 is 0 Å². The van der Waals surface area contributed by atoms with E-state index in [4.69, 9.17) is 0 Å². The van der Waals surface area contributed by atoms with Gasteiger partial charge in [0.05, 0.1) is 6.54 Å². The third-order valence-electron chi connectivity index (χ3n) is 3.40. The van der Waals surface area contributed by atoms with Gasteiger partial charge in [0.25, 0.3) is 0 Å². The van der Waals surface area contributed by atoms with Gasteiger partial charge in [-0.2, -0.15) is 0 Å². The Balaban J connectivity index is 2.41. The Morgan fingerprint density at radius 2 is 1.62 bits per heavy atom. The van der Waals surface area contributed by atoms with Crippen molar-refractivity contribution in [2.45, 2.75) is 47.1 Å². The maximum absolute atomic E-state index is 11.7. The molecule has 118 valence electrons. The van der Waals surface area contributed by atoms with Gasteiger partial charge in [-0.05, 0) is 36.3 Å². The number of amides is 1. The molecule has 0 fully saturated rings. The van der Waals surface area contributed by atoms with Crippen LogP contribution in [-0.4, -0.2) is 19.0 Å². The number of hydrogen-bond donors (Lipinski definition) is 2. The van der Waals surface area contributed by atoms with Crippen molar-refractivity contribution in [3.8, 4) is 0 Å². The molecule has 3 heteroatoms. The van der Waals surface area contributed by atoms with Crippen LogP contribution in [0.25, 0.3) is 0 Å². The molecule has 0 bridgehead atoms. The van der Waals surface area contributed by atoms with Crippen LogP contribution in [0, 0.1) is 11.8 Å². The SMILES string of the molecule is CC(C)CNC(=O)CNC(C)c1ccc(CC(C)C)cc1. The summed E-state index contributed by atoms with van der Waals surface area (Å²) in [7, 11) is 0. The van der Waals surface area contributed by atoms with E-state index in [0.717, 1.165) is 13.0 Å². The fourth-order valence-electron chi connectivity index (χ4n) is 2.16. The number of nitrogens with one attached hydrogen (secondary N) is 2. The third kappa shape index (κ3) is 7.28. The van der Waals surface area contributed by atoms with Crippen molar-refractivity contribution in [1.29, 1.82) is 0 Å². The van der Waals surface area contributed by atoms with Crippen molar-refractivity contribution in [3.63, 3.8) is 0 Å². The summed E-state index contributed by atoms with van der Waals surface area (Å²) in [5.41, 5.74) is 2.59. The van der Waals surface area contributed by atoms with E-state index in [1.165, 1.54) is 11.1 Å². The normalized spacial score (nSPS) is 12.7. The zero-order chi connectivity index (χ0) is 15.8. The van der Waals surface area contributed by atoms with Gasteiger partial charge in [-0.3, -0.25) is 4.79 Å². The van der Waals surface area contributed by atoms with Gasteiger partial charge < -0.3 is 10.6 Å². The topological polar surface area (TPSA) is 41.1 Å². The molecule has 1 aromatic carbocycles. The van der Waals surface area contributed by atoms with E-state index < -0.39 is 0 Å². The van der Waals surface area contributed by atoms with Crippen LogP contribution in [0.2, 0.25) is 0 Å². The maximum atomic E-state index is 11.7. The molecule has 1 rings (SSSR count). The van der Waals surface area contributed by atoms with Gasteiger partial charge in [-0.25, -0.2) is 0 Å². The minimum absolute atomic E-state index is 0.0620. The van der Waals surface area contributed by atoms with Crippen LogP contribution in [0.1, 0.15) is 51.8 Å². The van der Waals surface area contributed by atoms with Crippen molar-refractivity contribution < 1.29 is 4.79 Å². The summed E-state index contributed by atoms with van der Waals surface area (Å²) in [5, 5.41) is 6.19. The molecule has 0 aromatic heterocycles. The highest BCUT2D eigenvalue weighted by molar-refractivity contribution is 5.78. The van der Waals surface area contributed by atoms with Crippen molar-refractivity contribution in [3.05, 3.63) is 35.4 Å². The van der Waals surface area contributed by atoms with E-state index in [2.05, 4.69) is 69.5 Å². The largest absolute Gasteiger partial charge is 0.355 e. The molecular weight excluding hydrogens is 260 g/mol. The molecule has 1 aromatic rings. The van der Waals surface area contributed by atoms with Gasteiger partial charge in [0.15, 0.2) is 0 Å². The average molecular weight is 290 g/mol. The van der Waals surface area contributed by atoms with E-state index in [1.54, 1.807) is 0 Å². The molecule has 2 N–H and O–H groups in total. The summed E-state index contributed by atoms with van der Waals surface area (Å²) in [4.78, 5) is 11.7. The number of hydrogen-bond acceptors (Lipinski definition) is 2. The smallest absolute Gasteiger partial charge is 0.233 e. The predicted molar refractivity (Wildman–Crippen MR) is 89.2 cm³/mol. The standard InChI is InChI=1S/C18H30N2O/c1-13(2)10-16-6-8-17(9-7-16)15(5)19-12-18(21)20-11-14(3)4/h6-9,13-15,19H,10-12H2,1-5H3,(H,20,21). The van der Waals surface area contributed by atoms with Gasteiger partial charge >= 0.3 is 0 Å². The highest BCUT2D eigenvalue weighted by Gasteiger charge is 2.08. The first-order valence-corrected chi connectivity index (χ1v) is 7.97. The van der Waals surface area contributed by atoms with E-state index in [-0.39, 0.29) is 11.9 Å². The minimum Gasteiger partial charge on any atom is -0.355 e. The fourth-order valence-corrected chi connectivity index (χ4v) is 2.16. The van der Waals surface area contributed by atoms with Crippen molar-refractivity contribution in [2.24, 2.45) is 11.8 Å². The quantitative estimate of drug-likeness (QED) is 0.771. The van der Waals surface area contributed by atoms with E-state index in [0.29, 0.717) is 18.4 Å². The zero-order valence-electron chi connectivity index (χ0n) is 14.1. The van der Waals surface area contributed by atoms with E-state index >= 15 is 0 Å². The molecule has 0 aliphatic carbocycles. The summed E-state index contributed by atoms with van der Waals surface area (Å²) >= 11 is 0. The van der Waals surface area contributed by atoms with E-state index in [1.807, 2.05) is 0 Å². The second-order valence-electron chi connectivity index (χ2n) is 6.64. The first-order valence-electron chi connectivity index (χ1n) is 7.97. The molecule has 0 radical (unpaired) electrons. The van der Waals surface area contributed by atoms with Gasteiger partial charge in [-0.1, -0.05) is 52.0 Å². The summed E-state index contributed by atoms with van der Waals surface area (Å²) in [6.45, 7) is 11.8. The molecule has 0 heterocycles. The van der Waals surface area contributed by atoms with Gasteiger partial charge in [0.2, 0.25) is 5.91 Å². The molecule has 3 nitrogen and oxygen atoms in total. The lowest BCUT2D eigenvalue weighted by molar-refractivity contribution is -0.120. The van der Waals surface area contributed by atoms with Crippen LogP contribution in [0.15, 0.2) is 24.3 Å². The van der Waals surface area contributed by atoms with Gasteiger partial charge in [-0.15, -0.1) is 0 Å². The van der Waals surface area contributed by atoms with Crippen LogP contribution in [-0.2, 0) is 11.2 Å². The van der Waals surface area contributed by atoms with Crippen molar-refractivity contribution in [1.82, 2.24) is 10.6 Å². The highest BCUT2D eigenvalue weighted by Crippen LogP contribution is 2.15. The highest BCUT2D eigenvalue weighted by atomic mass is 16.1. The second-order valence-corrected chi connectivity index (χ2v) is 6.64. The Morgan fingerprint density at radius 3 is 2.14 bits per heavy atom. The molecule has 1 atom stereocenters. The van der Waals surface area contributed by atoms with Gasteiger partial charge in [0.1, 0.15) is 0 Å². The summed E-state index contributed by atoms with van der Waals surface area (Å²) in [5.74, 6) is 1.22. The van der Waals surface area contributed by atoms with Crippen molar-refractivity contribution in [2.75, 3.05) is 13.1 Å². The molecule has 0 aliphatic heterocycles. The lowest BCUT2D eigenvalue weighted by Gasteiger charge is -2.15. The van der Waals surface area contributed by atoms with E-state index in [9.17, 15) is 4.79 Å². The van der Waals surface area contributed by atoms with Crippen molar-refractivity contribution >= 4 is 5.91 Å². The summed E-state index contributed by atoms with van der Waals surface area (Å²) in [6.07, 6.45) is 1.11. The molecular formula is C18H30N2O. The number of rotatable bonds is 8. The average Bonchev–Trinajstić information content (AvgIpc) is 2.42.